The summed E-state index contributed by atoms with van der Waals surface area (Å²) in [4.78, 5) is 16.1. The van der Waals surface area contributed by atoms with Gasteiger partial charge in [-0.3, -0.25) is 4.79 Å². The van der Waals surface area contributed by atoms with Crippen molar-refractivity contribution in [3.8, 4) is 0 Å². The number of carbonyl (C=O) groups excluding carboxylic acids is 1. The van der Waals surface area contributed by atoms with E-state index in [0.29, 0.717) is 0 Å². The van der Waals surface area contributed by atoms with Gasteiger partial charge in [0.2, 0.25) is 5.91 Å². The van der Waals surface area contributed by atoms with Crippen molar-refractivity contribution in [3.05, 3.63) is 16.1 Å². The van der Waals surface area contributed by atoms with Gasteiger partial charge in [0.25, 0.3) is 0 Å². The number of nitrogens with one attached hydrogen (secondary N) is 1. The molecule has 0 saturated heterocycles. The lowest BCUT2D eigenvalue weighted by Crippen LogP contribution is -2.30. The second kappa shape index (κ2) is 5.43. The van der Waals surface area contributed by atoms with Crippen LogP contribution in [-0.4, -0.2) is 17.4 Å². The maximum atomic E-state index is 11.7. The predicted molar refractivity (Wildman–Crippen MR) is 65.5 cm³/mol. The Balaban J connectivity index is 1.69. The molecule has 1 aliphatic carbocycles. The highest BCUT2D eigenvalue weighted by molar-refractivity contribution is 7.09. The molecular formula is C12H18N2OS. The Bertz CT molecular complexity index is 356. The van der Waals surface area contributed by atoms with Crippen LogP contribution in [0.15, 0.2) is 5.38 Å². The van der Waals surface area contributed by atoms with E-state index in [4.69, 9.17) is 0 Å². The molecule has 0 atom stereocenters. The second-order valence-corrected chi connectivity index (χ2v) is 5.44. The average molecular weight is 238 g/mol. The molecule has 1 saturated carbocycles. The summed E-state index contributed by atoms with van der Waals surface area (Å²) < 4.78 is 0. The molecule has 1 N–H and O–H groups in total. The molecule has 1 aromatic heterocycles. The summed E-state index contributed by atoms with van der Waals surface area (Å²) in [7, 11) is 0. The van der Waals surface area contributed by atoms with E-state index < -0.39 is 0 Å². The summed E-state index contributed by atoms with van der Waals surface area (Å²) in [6.45, 7) is 2.73. The van der Waals surface area contributed by atoms with Crippen LogP contribution in [0.5, 0.6) is 0 Å². The summed E-state index contributed by atoms with van der Waals surface area (Å²) in [6, 6.07) is 0. The molecule has 0 spiro atoms. The van der Waals surface area contributed by atoms with Crippen molar-refractivity contribution in [2.24, 2.45) is 5.92 Å². The highest BCUT2D eigenvalue weighted by atomic mass is 32.1. The van der Waals surface area contributed by atoms with Gasteiger partial charge in [-0.05, 0) is 19.8 Å². The molecule has 4 heteroatoms. The van der Waals surface area contributed by atoms with Crippen LogP contribution in [0.2, 0.25) is 0 Å². The summed E-state index contributed by atoms with van der Waals surface area (Å²) in [5.41, 5.74) is 1.09. The maximum absolute atomic E-state index is 11.7. The first-order valence-corrected chi connectivity index (χ1v) is 6.82. The Morgan fingerprint density at radius 2 is 2.31 bits per heavy atom. The van der Waals surface area contributed by atoms with Crippen LogP contribution in [0.4, 0.5) is 0 Å². The zero-order chi connectivity index (χ0) is 11.4. The fourth-order valence-corrected chi connectivity index (χ4v) is 2.82. The first-order valence-electron chi connectivity index (χ1n) is 5.94. The Hall–Kier alpha value is -0.900. The van der Waals surface area contributed by atoms with E-state index in [1.54, 1.807) is 11.3 Å². The predicted octanol–water partition coefficient (Wildman–Crippen LogP) is 2.30. The number of rotatable bonds is 4. The van der Waals surface area contributed by atoms with Gasteiger partial charge in [-0.25, -0.2) is 4.98 Å². The summed E-state index contributed by atoms with van der Waals surface area (Å²) >= 11 is 1.66. The minimum absolute atomic E-state index is 0.240. The Morgan fingerprint density at radius 1 is 1.56 bits per heavy atom. The third-order valence-electron chi connectivity index (χ3n) is 3.07. The molecule has 16 heavy (non-hydrogen) atoms. The van der Waals surface area contributed by atoms with Gasteiger partial charge in [-0.2, -0.15) is 0 Å². The van der Waals surface area contributed by atoms with Crippen molar-refractivity contribution in [1.29, 1.82) is 0 Å². The molecule has 0 aliphatic heterocycles. The third kappa shape index (κ3) is 3.04. The minimum atomic E-state index is 0.240. The van der Waals surface area contributed by atoms with Gasteiger partial charge in [-0.15, -0.1) is 11.3 Å². The first-order chi connectivity index (χ1) is 7.75. The van der Waals surface area contributed by atoms with E-state index >= 15 is 0 Å². The number of hydrogen-bond acceptors (Lipinski definition) is 3. The van der Waals surface area contributed by atoms with Gasteiger partial charge >= 0.3 is 0 Å². The Morgan fingerprint density at radius 3 is 2.94 bits per heavy atom. The van der Waals surface area contributed by atoms with E-state index in [1.165, 1.54) is 12.8 Å². The van der Waals surface area contributed by atoms with Crippen molar-refractivity contribution in [2.45, 2.75) is 39.0 Å². The molecule has 88 valence electrons. The topological polar surface area (TPSA) is 42.0 Å². The van der Waals surface area contributed by atoms with Gasteiger partial charge in [0, 0.05) is 24.3 Å². The van der Waals surface area contributed by atoms with E-state index in [0.717, 1.165) is 36.5 Å². The normalized spacial score (nSPS) is 16.6. The van der Waals surface area contributed by atoms with Gasteiger partial charge in [0.15, 0.2) is 0 Å². The lowest BCUT2D eigenvalue weighted by Gasteiger charge is -2.09. The van der Waals surface area contributed by atoms with Crippen molar-refractivity contribution in [1.82, 2.24) is 10.3 Å². The van der Waals surface area contributed by atoms with Crippen LogP contribution in [0.25, 0.3) is 0 Å². The van der Waals surface area contributed by atoms with Crippen LogP contribution in [0.1, 0.15) is 36.4 Å². The molecular weight excluding hydrogens is 220 g/mol. The largest absolute Gasteiger partial charge is 0.355 e. The summed E-state index contributed by atoms with van der Waals surface area (Å²) in [5, 5.41) is 6.17. The molecule has 1 fully saturated rings. The SMILES string of the molecule is Cc1nc(CCNC(=O)C2CCCC2)cs1. The zero-order valence-corrected chi connectivity index (χ0v) is 10.5. The number of nitrogens with zero attached hydrogens (tertiary/aromatic N) is 1. The smallest absolute Gasteiger partial charge is 0.223 e. The highest BCUT2D eigenvalue weighted by Crippen LogP contribution is 2.24. The number of thiazole rings is 1. The molecule has 1 aromatic rings. The third-order valence-corrected chi connectivity index (χ3v) is 3.90. The van der Waals surface area contributed by atoms with Crippen LogP contribution in [-0.2, 0) is 11.2 Å². The lowest BCUT2D eigenvalue weighted by molar-refractivity contribution is -0.124. The number of carbonyl (C=O) groups is 1. The minimum Gasteiger partial charge on any atom is -0.355 e. The molecule has 0 aromatic carbocycles. The molecule has 0 radical (unpaired) electrons. The standard InChI is InChI=1S/C12H18N2OS/c1-9-14-11(8-16-9)6-7-13-12(15)10-4-2-3-5-10/h8,10H,2-7H2,1H3,(H,13,15). The molecule has 1 heterocycles. The van der Waals surface area contributed by atoms with Gasteiger partial charge in [0.05, 0.1) is 10.7 Å². The monoisotopic (exact) mass is 238 g/mol. The Labute approximate surface area is 100 Å². The number of hydrogen-bond donors (Lipinski definition) is 1. The number of amides is 1. The number of aryl methyl sites for hydroxylation is 1. The van der Waals surface area contributed by atoms with Crippen molar-refractivity contribution >= 4 is 17.2 Å². The van der Waals surface area contributed by atoms with Crippen LogP contribution >= 0.6 is 11.3 Å². The van der Waals surface area contributed by atoms with Gasteiger partial charge < -0.3 is 5.32 Å². The van der Waals surface area contributed by atoms with E-state index in [1.807, 2.05) is 6.92 Å². The molecule has 1 aliphatic rings. The summed E-state index contributed by atoms with van der Waals surface area (Å²) in [5.74, 6) is 0.515. The average Bonchev–Trinajstić information content (AvgIpc) is 2.89. The number of aromatic nitrogens is 1. The first kappa shape index (κ1) is 11.6. The van der Waals surface area contributed by atoms with Gasteiger partial charge in [0.1, 0.15) is 0 Å². The lowest BCUT2D eigenvalue weighted by atomic mass is 10.1. The fourth-order valence-electron chi connectivity index (χ4n) is 2.17. The summed E-state index contributed by atoms with van der Waals surface area (Å²) in [6.07, 6.45) is 5.42. The van der Waals surface area contributed by atoms with Gasteiger partial charge in [-0.1, -0.05) is 12.8 Å². The zero-order valence-electron chi connectivity index (χ0n) is 9.66. The molecule has 0 bridgehead atoms. The molecule has 1 amide bonds. The maximum Gasteiger partial charge on any atom is 0.223 e. The fraction of sp³-hybridized carbons (Fsp3) is 0.667. The van der Waals surface area contributed by atoms with Crippen molar-refractivity contribution < 1.29 is 4.79 Å². The molecule has 2 rings (SSSR count). The van der Waals surface area contributed by atoms with E-state index in [9.17, 15) is 4.79 Å². The highest BCUT2D eigenvalue weighted by Gasteiger charge is 2.21. The van der Waals surface area contributed by atoms with Crippen LogP contribution in [0, 0.1) is 12.8 Å². The van der Waals surface area contributed by atoms with Crippen molar-refractivity contribution in [3.63, 3.8) is 0 Å². The molecule has 3 nitrogen and oxygen atoms in total. The van der Waals surface area contributed by atoms with E-state index in [2.05, 4.69) is 15.7 Å². The van der Waals surface area contributed by atoms with Crippen molar-refractivity contribution in [2.75, 3.05) is 6.54 Å². The van der Waals surface area contributed by atoms with Crippen LogP contribution in [0.3, 0.4) is 0 Å². The van der Waals surface area contributed by atoms with Crippen LogP contribution < -0.4 is 5.32 Å². The Kier molecular flexibility index (Phi) is 3.93. The second-order valence-electron chi connectivity index (χ2n) is 4.38. The van der Waals surface area contributed by atoms with E-state index in [-0.39, 0.29) is 11.8 Å². The molecule has 0 unspecified atom stereocenters. The quantitative estimate of drug-likeness (QED) is 0.874.